The lowest BCUT2D eigenvalue weighted by Gasteiger charge is -2.05. The fraction of sp³-hybridized carbons (Fsp3) is 0.462. The molecular formula is C13H16NO5S-. The lowest BCUT2D eigenvalue weighted by Crippen LogP contribution is -2.22. The van der Waals surface area contributed by atoms with Gasteiger partial charge in [-0.2, -0.15) is 0 Å². The van der Waals surface area contributed by atoms with Crippen LogP contribution in [0.4, 0.5) is 5.00 Å². The SMILES string of the molecule is CCc1cc(C(=O)OC)c(NC(=O)CCCC(=O)[O-])s1. The number of aryl methyl sites for hydroxylation is 1. The fourth-order valence-corrected chi connectivity index (χ4v) is 2.55. The number of thiophene rings is 1. The first-order valence-electron chi connectivity index (χ1n) is 6.18. The number of hydrogen-bond donors (Lipinski definition) is 1. The number of anilines is 1. The number of ether oxygens (including phenoxy) is 1. The summed E-state index contributed by atoms with van der Waals surface area (Å²) in [6, 6.07) is 1.69. The Morgan fingerprint density at radius 2 is 2.05 bits per heavy atom. The molecule has 1 aromatic rings. The molecule has 6 nitrogen and oxygen atoms in total. The van der Waals surface area contributed by atoms with E-state index in [-0.39, 0.29) is 25.2 Å². The van der Waals surface area contributed by atoms with Crippen LogP contribution in [0, 0.1) is 0 Å². The molecular weight excluding hydrogens is 282 g/mol. The molecule has 7 heteroatoms. The number of carboxylic acids is 1. The number of rotatable bonds is 7. The zero-order valence-corrected chi connectivity index (χ0v) is 12.2. The monoisotopic (exact) mass is 298 g/mol. The van der Waals surface area contributed by atoms with Crippen LogP contribution in [0.1, 0.15) is 41.4 Å². The van der Waals surface area contributed by atoms with E-state index >= 15 is 0 Å². The number of nitrogens with one attached hydrogen (secondary N) is 1. The van der Waals surface area contributed by atoms with Gasteiger partial charge in [0.05, 0.1) is 12.7 Å². The second-order valence-electron chi connectivity index (χ2n) is 4.07. The van der Waals surface area contributed by atoms with Gasteiger partial charge in [0.1, 0.15) is 5.00 Å². The predicted molar refractivity (Wildman–Crippen MR) is 72.5 cm³/mol. The lowest BCUT2D eigenvalue weighted by atomic mass is 10.2. The molecule has 0 saturated carbocycles. The van der Waals surface area contributed by atoms with Crippen molar-refractivity contribution in [3.8, 4) is 0 Å². The Bertz CT molecular complexity index is 509. The maximum Gasteiger partial charge on any atom is 0.340 e. The largest absolute Gasteiger partial charge is 0.550 e. The highest BCUT2D eigenvalue weighted by molar-refractivity contribution is 7.16. The van der Waals surface area contributed by atoms with Gasteiger partial charge in [0, 0.05) is 17.3 Å². The summed E-state index contributed by atoms with van der Waals surface area (Å²) in [4.78, 5) is 34.5. The minimum absolute atomic E-state index is 0.0634. The molecule has 0 unspecified atom stereocenters. The van der Waals surface area contributed by atoms with Gasteiger partial charge in [0.15, 0.2) is 0 Å². The van der Waals surface area contributed by atoms with Crippen LogP contribution in [0.25, 0.3) is 0 Å². The average Bonchev–Trinajstić information content (AvgIpc) is 2.80. The predicted octanol–water partition coefficient (Wildman–Crippen LogP) is 0.956. The van der Waals surface area contributed by atoms with Crippen molar-refractivity contribution in [2.75, 3.05) is 12.4 Å². The summed E-state index contributed by atoms with van der Waals surface area (Å²) in [5.74, 6) is -2.02. The molecule has 20 heavy (non-hydrogen) atoms. The fourth-order valence-electron chi connectivity index (χ4n) is 1.55. The first-order chi connectivity index (χ1) is 9.47. The van der Waals surface area contributed by atoms with E-state index in [9.17, 15) is 19.5 Å². The number of amides is 1. The van der Waals surface area contributed by atoms with Gasteiger partial charge in [-0.25, -0.2) is 4.79 Å². The highest BCUT2D eigenvalue weighted by Gasteiger charge is 2.17. The van der Waals surface area contributed by atoms with Crippen LogP contribution in [0.5, 0.6) is 0 Å². The van der Waals surface area contributed by atoms with Crippen molar-refractivity contribution in [1.29, 1.82) is 0 Å². The summed E-state index contributed by atoms with van der Waals surface area (Å²) in [7, 11) is 1.27. The highest BCUT2D eigenvalue weighted by Crippen LogP contribution is 2.29. The summed E-state index contributed by atoms with van der Waals surface area (Å²) >= 11 is 1.31. The summed E-state index contributed by atoms with van der Waals surface area (Å²) in [5.41, 5.74) is 0.322. The lowest BCUT2D eigenvalue weighted by molar-refractivity contribution is -0.305. The molecule has 0 aromatic carbocycles. The van der Waals surface area contributed by atoms with Crippen LogP contribution in [0.2, 0.25) is 0 Å². The Morgan fingerprint density at radius 3 is 2.60 bits per heavy atom. The summed E-state index contributed by atoms with van der Waals surface area (Å²) < 4.78 is 4.66. The number of carbonyl (C=O) groups excluding carboxylic acids is 3. The van der Waals surface area contributed by atoms with Crippen LogP contribution in [0.15, 0.2) is 6.07 Å². The molecule has 1 N–H and O–H groups in total. The van der Waals surface area contributed by atoms with Crippen molar-refractivity contribution in [1.82, 2.24) is 0 Å². The molecule has 1 rings (SSSR count). The molecule has 0 aliphatic rings. The van der Waals surface area contributed by atoms with Gasteiger partial charge in [-0.3, -0.25) is 4.79 Å². The first-order valence-corrected chi connectivity index (χ1v) is 7.00. The summed E-state index contributed by atoms with van der Waals surface area (Å²) in [6.07, 6.45) is 0.846. The number of carboxylic acid groups (broad SMARTS) is 1. The van der Waals surface area contributed by atoms with Gasteiger partial charge >= 0.3 is 5.97 Å². The van der Waals surface area contributed by atoms with Crippen LogP contribution < -0.4 is 10.4 Å². The Morgan fingerprint density at radius 1 is 1.35 bits per heavy atom. The van der Waals surface area contributed by atoms with Gasteiger partial charge in [0.2, 0.25) is 5.91 Å². The van der Waals surface area contributed by atoms with Gasteiger partial charge in [-0.05, 0) is 25.3 Å². The zero-order chi connectivity index (χ0) is 15.1. The van der Waals surface area contributed by atoms with Gasteiger partial charge in [0.25, 0.3) is 0 Å². The molecule has 110 valence electrons. The van der Waals surface area contributed by atoms with Crippen molar-refractivity contribution < 1.29 is 24.2 Å². The number of methoxy groups -OCH3 is 1. The zero-order valence-electron chi connectivity index (χ0n) is 11.4. The van der Waals surface area contributed by atoms with E-state index in [1.165, 1.54) is 18.4 Å². The van der Waals surface area contributed by atoms with Crippen molar-refractivity contribution in [3.63, 3.8) is 0 Å². The molecule has 0 radical (unpaired) electrons. The Labute approximate surface area is 120 Å². The van der Waals surface area contributed by atoms with Crippen molar-refractivity contribution in [2.45, 2.75) is 32.6 Å². The number of carbonyl (C=O) groups is 3. The molecule has 0 aliphatic heterocycles. The van der Waals surface area contributed by atoms with Crippen LogP contribution in [0.3, 0.4) is 0 Å². The van der Waals surface area contributed by atoms with Crippen LogP contribution >= 0.6 is 11.3 Å². The maximum atomic E-state index is 11.7. The molecule has 1 heterocycles. The Balaban J connectivity index is 2.70. The van der Waals surface area contributed by atoms with Gasteiger partial charge < -0.3 is 20.0 Å². The van der Waals surface area contributed by atoms with Gasteiger partial charge in [-0.1, -0.05) is 6.92 Å². The van der Waals surface area contributed by atoms with Crippen molar-refractivity contribution >= 4 is 34.2 Å². The van der Waals surface area contributed by atoms with E-state index in [2.05, 4.69) is 10.1 Å². The second-order valence-corrected chi connectivity index (χ2v) is 5.21. The van der Waals surface area contributed by atoms with Crippen LogP contribution in [-0.4, -0.2) is 25.0 Å². The second kappa shape index (κ2) is 7.64. The van der Waals surface area contributed by atoms with Crippen molar-refractivity contribution in [2.24, 2.45) is 0 Å². The Hall–Kier alpha value is -1.89. The molecule has 0 bridgehead atoms. The topological polar surface area (TPSA) is 95.5 Å². The van der Waals surface area contributed by atoms with E-state index in [4.69, 9.17) is 0 Å². The molecule has 0 aliphatic carbocycles. The molecule has 0 fully saturated rings. The Kier molecular flexibility index (Phi) is 6.17. The number of esters is 1. The molecule has 0 spiro atoms. The highest BCUT2D eigenvalue weighted by atomic mass is 32.1. The summed E-state index contributed by atoms with van der Waals surface area (Å²) in [5, 5.41) is 13.3. The quantitative estimate of drug-likeness (QED) is 0.756. The van der Waals surface area contributed by atoms with E-state index in [1.54, 1.807) is 6.07 Å². The third-order valence-corrected chi connectivity index (χ3v) is 3.77. The maximum absolute atomic E-state index is 11.7. The minimum atomic E-state index is -1.18. The van der Waals surface area contributed by atoms with Gasteiger partial charge in [-0.15, -0.1) is 11.3 Å². The minimum Gasteiger partial charge on any atom is -0.550 e. The average molecular weight is 298 g/mol. The summed E-state index contributed by atoms with van der Waals surface area (Å²) in [6.45, 7) is 1.94. The molecule has 1 amide bonds. The molecule has 1 aromatic heterocycles. The van der Waals surface area contributed by atoms with E-state index in [0.717, 1.165) is 11.3 Å². The first kappa shape index (κ1) is 16.2. The van der Waals surface area contributed by atoms with E-state index in [0.29, 0.717) is 10.6 Å². The van der Waals surface area contributed by atoms with Crippen molar-refractivity contribution in [3.05, 3.63) is 16.5 Å². The molecule has 0 atom stereocenters. The number of aliphatic carboxylic acids is 1. The van der Waals surface area contributed by atoms with E-state index in [1.807, 2.05) is 6.92 Å². The third-order valence-electron chi connectivity index (χ3n) is 2.57. The smallest absolute Gasteiger partial charge is 0.340 e. The third kappa shape index (κ3) is 4.65. The standard InChI is InChI=1S/C13H17NO5S/c1-3-8-7-9(13(18)19-2)12(20-8)14-10(15)5-4-6-11(16)17/h7H,3-6H2,1-2H3,(H,14,15)(H,16,17)/p-1. The molecule has 0 saturated heterocycles. The normalized spacial score (nSPS) is 10.1. The number of hydrogen-bond acceptors (Lipinski definition) is 6. The van der Waals surface area contributed by atoms with E-state index < -0.39 is 11.9 Å². The van der Waals surface area contributed by atoms with Crippen LogP contribution in [-0.2, 0) is 20.7 Å².